The normalized spacial score (nSPS) is 15.6. The first kappa shape index (κ1) is 18.4. The van der Waals surface area contributed by atoms with Gasteiger partial charge in [-0.3, -0.25) is 15.0 Å². The Morgan fingerprint density at radius 3 is 2.75 bits per heavy atom. The Labute approximate surface area is 164 Å². The molecule has 2 aromatic heterocycles. The second-order valence-electron chi connectivity index (χ2n) is 7.27. The zero-order valence-electron chi connectivity index (χ0n) is 16.4. The van der Waals surface area contributed by atoms with Crippen molar-refractivity contribution in [2.45, 2.75) is 32.9 Å². The summed E-state index contributed by atoms with van der Waals surface area (Å²) in [6, 6.07) is 6.25. The summed E-state index contributed by atoms with van der Waals surface area (Å²) in [5.74, 6) is 0.244. The number of nitrogens with one attached hydrogen (secondary N) is 1. The highest BCUT2D eigenvalue weighted by molar-refractivity contribution is 6.14. The molecule has 0 radical (unpaired) electrons. The summed E-state index contributed by atoms with van der Waals surface area (Å²) in [6.45, 7) is 7.82. The molecule has 1 aromatic carbocycles. The van der Waals surface area contributed by atoms with Crippen LogP contribution in [0.5, 0.6) is 5.88 Å². The number of rotatable bonds is 5. The lowest BCUT2D eigenvalue weighted by molar-refractivity contribution is 0.171. The van der Waals surface area contributed by atoms with Crippen molar-refractivity contribution in [2.24, 2.45) is 4.99 Å². The standard InChI is InChI=1S/C21H25N5O2/c1-13(2)26-19-5-4-15(25-14(3)17-11-22-6-7-23-17)10-16(19)20(21(26)27)18-12-28-9-8-24-18/h4-7,10-11,13-14,25,27H,8-9,12H2,1-3H3. The first-order chi connectivity index (χ1) is 13.6. The maximum atomic E-state index is 11.0. The minimum absolute atomic E-state index is 0.00531. The van der Waals surface area contributed by atoms with Gasteiger partial charge in [-0.05, 0) is 39.0 Å². The second-order valence-corrected chi connectivity index (χ2v) is 7.27. The van der Waals surface area contributed by atoms with Gasteiger partial charge in [0.15, 0.2) is 0 Å². The van der Waals surface area contributed by atoms with Crippen molar-refractivity contribution in [2.75, 3.05) is 25.1 Å². The van der Waals surface area contributed by atoms with Gasteiger partial charge in [0.1, 0.15) is 0 Å². The van der Waals surface area contributed by atoms with Gasteiger partial charge in [-0.15, -0.1) is 0 Å². The number of fused-ring (bicyclic) bond motifs is 1. The van der Waals surface area contributed by atoms with Gasteiger partial charge in [0.25, 0.3) is 0 Å². The number of aliphatic imine (C=N–C) groups is 1. The van der Waals surface area contributed by atoms with Crippen molar-refractivity contribution in [1.82, 2.24) is 14.5 Å². The summed E-state index contributed by atoms with van der Waals surface area (Å²) in [7, 11) is 0. The monoisotopic (exact) mass is 379 g/mol. The van der Waals surface area contributed by atoms with E-state index in [1.54, 1.807) is 18.6 Å². The van der Waals surface area contributed by atoms with Crippen molar-refractivity contribution in [3.8, 4) is 5.88 Å². The van der Waals surface area contributed by atoms with Crippen molar-refractivity contribution >= 4 is 22.3 Å². The van der Waals surface area contributed by atoms with Crippen LogP contribution in [-0.4, -0.2) is 45.1 Å². The average molecular weight is 379 g/mol. The summed E-state index contributed by atoms with van der Waals surface area (Å²) in [6.07, 6.45) is 5.12. The lowest BCUT2D eigenvalue weighted by atomic mass is 10.1. The van der Waals surface area contributed by atoms with Crippen LogP contribution in [0.15, 0.2) is 41.8 Å². The molecule has 0 fully saturated rings. The number of aromatic nitrogens is 3. The van der Waals surface area contributed by atoms with Gasteiger partial charge in [-0.25, -0.2) is 0 Å². The van der Waals surface area contributed by atoms with E-state index in [9.17, 15) is 5.11 Å². The third-order valence-electron chi connectivity index (χ3n) is 4.97. The van der Waals surface area contributed by atoms with Crippen LogP contribution in [0.4, 0.5) is 5.69 Å². The zero-order chi connectivity index (χ0) is 19.7. The number of anilines is 1. The van der Waals surface area contributed by atoms with Gasteiger partial charge in [0.2, 0.25) is 5.88 Å². The Balaban J connectivity index is 1.78. The zero-order valence-corrected chi connectivity index (χ0v) is 16.4. The Hall–Kier alpha value is -2.93. The molecule has 28 heavy (non-hydrogen) atoms. The number of aromatic hydroxyl groups is 1. The van der Waals surface area contributed by atoms with Crippen LogP contribution in [0.2, 0.25) is 0 Å². The highest BCUT2D eigenvalue weighted by atomic mass is 16.5. The van der Waals surface area contributed by atoms with Gasteiger partial charge in [0, 0.05) is 29.5 Å². The largest absolute Gasteiger partial charge is 0.494 e. The molecular formula is C21H25N5O2. The van der Waals surface area contributed by atoms with Crippen LogP contribution < -0.4 is 5.32 Å². The summed E-state index contributed by atoms with van der Waals surface area (Å²) in [4.78, 5) is 13.1. The molecule has 0 spiro atoms. The van der Waals surface area contributed by atoms with E-state index in [-0.39, 0.29) is 18.0 Å². The molecule has 0 bridgehead atoms. The molecule has 1 atom stereocenters. The maximum Gasteiger partial charge on any atom is 0.201 e. The van der Waals surface area contributed by atoms with E-state index in [4.69, 9.17) is 4.74 Å². The lowest BCUT2D eigenvalue weighted by Gasteiger charge is -2.15. The Kier molecular flexibility index (Phi) is 5.00. The molecule has 3 aromatic rings. The second kappa shape index (κ2) is 7.59. The highest BCUT2D eigenvalue weighted by Crippen LogP contribution is 2.37. The number of hydrogen-bond acceptors (Lipinski definition) is 6. The first-order valence-corrected chi connectivity index (χ1v) is 9.57. The fourth-order valence-electron chi connectivity index (χ4n) is 3.67. The molecule has 4 rings (SSSR count). The molecular weight excluding hydrogens is 354 g/mol. The molecule has 146 valence electrons. The van der Waals surface area contributed by atoms with E-state index >= 15 is 0 Å². The van der Waals surface area contributed by atoms with E-state index in [1.165, 1.54) is 0 Å². The van der Waals surface area contributed by atoms with E-state index in [0.29, 0.717) is 19.8 Å². The quantitative estimate of drug-likeness (QED) is 0.706. The van der Waals surface area contributed by atoms with Crippen LogP contribution >= 0.6 is 0 Å². The first-order valence-electron chi connectivity index (χ1n) is 9.57. The number of ether oxygens (including phenoxy) is 1. The molecule has 0 aliphatic carbocycles. The van der Waals surface area contributed by atoms with Gasteiger partial charge >= 0.3 is 0 Å². The van der Waals surface area contributed by atoms with Crippen LogP contribution in [0.3, 0.4) is 0 Å². The van der Waals surface area contributed by atoms with Gasteiger partial charge in [-0.1, -0.05) is 0 Å². The summed E-state index contributed by atoms with van der Waals surface area (Å²) in [5.41, 5.74) is 4.36. The molecule has 0 saturated carbocycles. The maximum absolute atomic E-state index is 11.0. The minimum atomic E-state index is 0.00531. The van der Waals surface area contributed by atoms with Crippen molar-refractivity contribution < 1.29 is 9.84 Å². The van der Waals surface area contributed by atoms with Crippen LogP contribution in [-0.2, 0) is 4.74 Å². The third kappa shape index (κ3) is 3.33. The van der Waals surface area contributed by atoms with Crippen molar-refractivity contribution in [1.29, 1.82) is 0 Å². The van der Waals surface area contributed by atoms with Crippen molar-refractivity contribution in [3.05, 3.63) is 48.0 Å². The predicted molar refractivity (Wildman–Crippen MR) is 110 cm³/mol. The predicted octanol–water partition coefficient (Wildman–Crippen LogP) is 3.71. The summed E-state index contributed by atoms with van der Waals surface area (Å²) >= 11 is 0. The molecule has 3 heterocycles. The minimum Gasteiger partial charge on any atom is -0.494 e. The number of benzene rings is 1. The number of nitrogens with zero attached hydrogens (tertiary/aromatic N) is 4. The molecule has 0 saturated heterocycles. The summed E-state index contributed by atoms with van der Waals surface area (Å²) < 4.78 is 7.52. The van der Waals surface area contributed by atoms with Crippen molar-refractivity contribution in [3.63, 3.8) is 0 Å². The molecule has 0 amide bonds. The average Bonchev–Trinajstić information content (AvgIpc) is 3.00. The lowest BCUT2D eigenvalue weighted by Crippen LogP contribution is -2.19. The summed E-state index contributed by atoms with van der Waals surface area (Å²) in [5, 5.41) is 15.4. The molecule has 7 nitrogen and oxygen atoms in total. The molecule has 7 heteroatoms. The fraction of sp³-hybridized carbons (Fsp3) is 0.381. The molecule has 1 aliphatic heterocycles. The number of hydrogen-bond donors (Lipinski definition) is 2. The molecule has 1 aliphatic rings. The molecule has 1 unspecified atom stereocenters. The van der Waals surface area contributed by atoms with Gasteiger partial charge in [0.05, 0.1) is 54.5 Å². The third-order valence-corrected chi connectivity index (χ3v) is 4.97. The van der Waals surface area contributed by atoms with Crippen LogP contribution in [0, 0.1) is 0 Å². The van der Waals surface area contributed by atoms with Gasteiger partial charge in [-0.2, -0.15) is 0 Å². The van der Waals surface area contributed by atoms with Crippen LogP contribution in [0.25, 0.3) is 10.9 Å². The smallest absolute Gasteiger partial charge is 0.201 e. The topological polar surface area (TPSA) is 84.6 Å². The highest BCUT2D eigenvalue weighted by Gasteiger charge is 2.24. The van der Waals surface area contributed by atoms with Crippen LogP contribution in [0.1, 0.15) is 44.1 Å². The van der Waals surface area contributed by atoms with E-state index in [0.717, 1.165) is 33.6 Å². The van der Waals surface area contributed by atoms with Gasteiger partial charge < -0.3 is 19.7 Å². The van der Waals surface area contributed by atoms with E-state index in [2.05, 4.69) is 40.2 Å². The molecule has 2 N–H and O–H groups in total. The van der Waals surface area contributed by atoms with E-state index < -0.39 is 0 Å². The Bertz CT molecular complexity index is 1010. The Morgan fingerprint density at radius 2 is 2.07 bits per heavy atom. The SMILES string of the molecule is CC(Nc1ccc2c(c1)c(C1=NCCOC1)c(O)n2C(C)C)c1cnccn1. The fourth-order valence-corrected chi connectivity index (χ4v) is 3.67. The Morgan fingerprint density at radius 1 is 1.21 bits per heavy atom. The van der Waals surface area contributed by atoms with E-state index in [1.807, 2.05) is 23.6 Å².